The summed E-state index contributed by atoms with van der Waals surface area (Å²) in [6, 6.07) is 0.260. The summed E-state index contributed by atoms with van der Waals surface area (Å²) in [7, 11) is 0. The third kappa shape index (κ3) is 5.28. The molecule has 118 valence electrons. The average molecular weight is 288 g/mol. The average Bonchev–Trinajstić information content (AvgIpc) is 2.89. The molecule has 1 saturated carbocycles. The molecule has 0 spiro atoms. The fraction of sp³-hybridized carbons (Fsp3) is 1.00. The van der Waals surface area contributed by atoms with Gasteiger partial charge in [-0.25, -0.2) is 8.78 Å². The predicted octanol–water partition coefficient (Wildman–Crippen LogP) is 3.52. The maximum Gasteiger partial charge on any atom is 0.250 e. The van der Waals surface area contributed by atoms with E-state index in [2.05, 4.69) is 17.1 Å². The van der Waals surface area contributed by atoms with Crippen LogP contribution in [0.4, 0.5) is 8.78 Å². The van der Waals surface area contributed by atoms with Crippen LogP contribution in [-0.2, 0) is 0 Å². The highest BCUT2D eigenvalue weighted by atomic mass is 19.3. The zero-order valence-corrected chi connectivity index (χ0v) is 12.8. The van der Waals surface area contributed by atoms with Crippen molar-refractivity contribution >= 4 is 0 Å². The van der Waals surface area contributed by atoms with Crippen molar-refractivity contribution in [2.75, 3.05) is 26.2 Å². The van der Waals surface area contributed by atoms with Gasteiger partial charge in [0, 0.05) is 25.7 Å². The van der Waals surface area contributed by atoms with Crippen LogP contribution in [0.5, 0.6) is 0 Å². The van der Waals surface area contributed by atoms with E-state index in [4.69, 9.17) is 0 Å². The minimum atomic E-state index is -2.23. The van der Waals surface area contributed by atoms with Crippen molar-refractivity contribution in [1.29, 1.82) is 0 Å². The largest absolute Gasteiger partial charge is 0.307 e. The first-order valence-corrected chi connectivity index (χ1v) is 8.41. The minimum Gasteiger partial charge on any atom is -0.307 e. The van der Waals surface area contributed by atoms with Crippen molar-refractivity contribution in [2.45, 2.75) is 64.3 Å². The highest BCUT2D eigenvalue weighted by Crippen LogP contribution is 2.28. The van der Waals surface area contributed by atoms with Gasteiger partial charge in [0.05, 0.1) is 6.54 Å². The van der Waals surface area contributed by atoms with E-state index in [9.17, 15) is 8.78 Å². The van der Waals surface area contributed by atoms with Crippen LogP contribution in [0.2, 0.25) is 0 Å². The molecule has 2 unspecified atom stereocenters. The van der Waals surface area contributed by atoms with E-state index < -0.39 is 6.43 Å². The zero-order chi connectivity index (χ0) is 14.4. The summed E-state index contributed by atoms with van der Waals surface area (Å²) in [5.74, 6) is 1.54. The highest BCUT2D eigenvalue weighted by Gasteiger charge is 2.29. The second-order valence-corrected chi connectivity index (χ2v) is 6.76. The Balaban J connectivity index is 1.82. The molecule has 2 fully saturated rings. The van der Waals surface area contributed by atoms with E-state index in [1.54, 1.807) is 0 Å². The van der Waals surface area contributed by atoms with Gasteiger partial charge in [0.2, 0.25) is 0 Å². The molecule has 1 aliphatic heterocycles. The second kappa shape index (κ2) is 8.28. The van der Waals surface area contributed by atoms with Crippen LogP contribution < -0.4 is 5.32 Å². The van der Waals surface area contributed by atoms with Gasteiger partial charge in [-0.1, -0.05) is 26.2 Å². The Bertz CT molecular complexity index is 267. The summed E-state index contributed by atoms with van der Waals surface area (Å²) in [5.41, 5.74) is 0. The molecule has 2 nitrogen and oxygen atoms in total. The van der Waals surface area contributed by atoms with Gasteiger partial charge in [-0.05, 0) is 37.5 Å². The maximum absolute atomic E-state index is 12.4. The summed E-state index contributed by atoms with van der Waals surface area (Å²) in [6.07, 6.45) is 6.76. The smallest absolute Gasteiger partial charge is 0.250 e. The van der Waals surface area contributed by atoms with Gasteiger partial charge in [0.25, 0.3) is 6.43 Å². The lowest BCUT2D eigenvalue weighted by molar-refractivity contribution is 0.0974. The number of piperidine rings is 1. The number of halogens is 2. The Hall–Kier alpha value is -0.220. The monoisotopic (exact) mass is 288 g/mol. The third-order valence-electron chi connectivity index (χ3n) is 4.86. The summed E-state index contributed by atoms with van der Waals surface area (Å²) < 4.78 is 24.8. The Morgan fingerprint density at radius 1 is 1.15 bits per heavy atom. The van der Waals surface area contributed by atoms with Gasteiger partial charge in [-0.3, -0.25) is 0 Å². The Morgan fingerprint density at radius 3 is 2.55 bits per heavy atom. The Morgan fingerprint density at radius 2 is 1.90 bits per heavy atom. The number of likely N-dealkylation sites (tertiary alicyclic amines) is 1. The summed E-state index contributed by atoms with van der Waals surface area (Å²) in [6.45, 7) is 5.39. The fourth-order valence-corrected chi connectivity index (χ4v) is 4.03. The number of nitrogens with one attached hydrogen (secondary N) is 1. The molecule has 1 heterocycles. The topological polar surface area (TPSA) is 15.3 Å². The molecule has 2 atom stereocenters. The zero-order valence-electron chi connectivity index (χ0n) is 12.8. The third-order valence-corrected chi connectivity index (χ3v) is 4.86. The second-order valence-electron chi connectivity index (χ2n) is 6.76. The van der Waals surface area contributed by atoms with Gasteiger partial charge in [-0.2, -0.15) is 0 Å². The molecule has 1 aliphatic carbocycles. The molecule has 4 heteroatoms. The maximum atomic E-state index is 12.4. The number of hydrogen-bond acceptors (Lipinski definition) is 2. The standard InChI is InChI=1S/C16H30F2N2/c1-2-5-14-8-15(19-9-16(17)18)12-20(11-14)10-13-6-3-4-7-13/h13-16,19H,2-12H2,1H3. The van der Waals surface area contributed by atoms with Crippen molar-refractivity contribution < 1.29 is 8.78 Å². The number of hydrogen-bond donors (Lipinski definition) is 1. The Kier molecular flexibility index (Phi) is 6.69. The van der Waals surface area contributed by atoms with Gasteiger partial charge >= 0.3 is 0 Å². The number of rotatable bonds is 7. The van der Waals surface area contributed by atoms with Crippen LogP contribution in [0.3, 0.4) is 0 Å². The highest BCUT2D eigenvalue weighted by molar-refractivity contribution is 4.85. The molecule has 2 aliphatic rings. The van der Waals surface area contributed by atoms with Gasteiger partial charge in [0.15, 0.2) is 0 Å². The van der Waals surface area contributed by atoms with E-state index in [1.807, 2.05) is 0 Å². The molecule has 2 rings (SSSR count). The molecule has 0 aromatic rings. The quantitative estimate of drug-likeness (QED) is 0.771. The van der Waals surface area contributed by atoms with Crippen molar-refractivity contribution in [2.24, 2.45) is 11.8 Å². The minimum absolute atomic E-state index is 0.152. The normalized spacial score (nSPS) is 29.4. The lowest BCUT2D eigenvalue weighted by atomic mass is 9.89. The van der Waals surface area contributed by atoms with Crippen LogP contribution in [0.25, 0.3) is 0 Å². The van der Waals surface area contributed by atoms with E-state index >= 15 is 0 Å². The lowest BCUT2D eigenvalue weighted by Crippen LogP contribution is -2.51. The molecule has 1 N–H and O–H groups in total. The number of nitrogens with zero attached hydrogens (tertiary/aromatic N) is 1. The molecule has 0 aromatic heterocycles. The van der Waals surface area contributed by atoms with E-state index in [-0.39, 0.29) is 12.6 Å². The van der Waals surface area contributed by atoms with E-state index in [0.29, 0.717) is 5.92 Å². The van der Waals surface area contributed by atoms with Crippen LogP contribution in [0, 0.1) is 11.8 Å². The summed E-state index contributed by atoms with van der Waals surface area (Å²) in [5, 5.41) is 3.07. The van der Waals surface area contributed by atoms with E-state index in [1.165, 1.54) is 51.6 Å². The summed E-state index contributed by atoms with van der Waals surface area (Å²) >= 11 is 0. The van der Waals surface area contributed by atoms with Crippen LogP contribution in [-0.4, -0.2) is 43.5 Å². The van der Waals surface area contributed by atoms with Crippen molar-refractivity contribution in [3.8, 4) is 0 Å². The first kappa shape index (κ1) is 16.2. The molecule has 0 aromatic carbocycles. The molecule has 1 saturated heterocycles. The molecule has 0 radical (unpaired) electrons. The van der Waals surface area contributed by atoms with Crippen molar-refractivity contribution in [3.63, 3.8) is 0 Å². The van der Waals surface area contributed by atoms with Crippen LogP contribution in [0.1, 0.15) is 51.9 Å². The van der Waals surface area contributed by atoms with Gasteiger partial charge in [-0.15, -0.1) is 0 Å². The molecule has 0 amide bonds. The van der Waals surface area contributed by atoms with Crippen LogP contribution in [0.15, 0.2) is 0 Å². The van der Waals surface area contributed by atoms with Crippen molar-refractivity contribution in [1.82, 2.24) is 10.2 Å². The first-order chi connectivity index (χ1) is 9.67. The molecule has 0 bridgehead atoms. The van der Waals surface area contributed by atoms with Gasteiger partial charge in [0.1, 0.15) is 0 Å². The first-order valence-electron chi connectivity index (χ1n) is 8.41. The van der Waals surface area contributed by atoms with Gasteiger partial charge < -0.3 is 10.2 Å². The van der Waals surface area contributed by atoms with Crippen LogP contribution >= 0.6 is 0 Å². The SMILES string of the molecule is CCCC1CC(NCC(F)F)CN(CC2CCCC2)C1. The number of alkyl halides is 2. The summed E-state index contributed by atoms with van der Waals surface area (Å²) in [4.78, 5) is 2.54. The molecule has 20 heavy (non-hydrogen) atoms. The fourth-order valence-electron chi connectivity index (χ4n) is 4.03. The predicted molar refractivity (Wildman–Crippen MR) is 79.2 cm³/mol. The Labute approximate surface area is 122 Å². The molecular formula is C16H30F2N2. The molecular weight excluding hydrogens is 258 g/mol. The lowest BCUT2D eigenvalue weighted by Gasteiger charge is -2.39. The van der Waals surface area contributed by atoms with Crippen molar-refractivity contribution in [3.05, 3.63) is 0 Å². The van der Waals surface area contributed by atoms with E-state index in [0.717, 1.165) is 18.9 Å².